The molecule has 1 unspecified atom stereocenters. The van der Waals surface area contributed by atoms with Crippen molar-refractivity contribution in [2.24, 2.45) is 0 Å². The van der Waals surface area contributed by atoms with Crippen molar-refractivity contribution >= 4 is 22.7 Å². The summed E-state index contributed by atoms with van der Waals surface area (Å²) in [7, 11) is 0. The predicted molar refractivity (Wildman–Crippen MR) is 106 cm³/mol. The first-order valence-electron chi connectivity index (χ1n) is 8.92. The summed E-state index contributed by atoms with van der Waals surface area (Å²) in [4.78, 5) is 29.0. The molecule has 1 amide bonds. The molecule has 4 aromatic rings. The Morgan fingerprint density at radius 3 is 2.79 bits per heavy atom. The minimum atomic E-state index is -0.901. The van der Waals surface area contributed by atoms with E-state index in [1.54, 1.807) is 44.2 Å². The Morgan fingerprint density at radius 1 is 1.17 bits per heavy atom. The van der Waals surface area contributed by atoms with E-state index >= 15 is 0 Å². The van der Waals surface area contributed by atoms with Crippen LogP contribution in [0.25, 0.3) is 22.4 Å². The first-order valence-corrected chi connectivity index (χ1v) is 8.92. The number of aromatic nitrogens is 3. The van der Waals surface area contributed by atoms with E-state index in [9.17, 15) is 14.0 Å². The van der Waals surface area contributed by atoms with Crippen molar-refractivity contribution in [3.8, 4) is 11.3 Å². The molecular weight excluding hydrogens is 375 g/mol. The van der Waals surface area contributed by atoms with Crippen LogP contribution in [0.4, 0.5) is 10.1 Å². The van der Waals surface area contributed by atoms with E-state index in [4.69, 9.17) is 4.42 Å². The number of nitrogens with one attached hydrogen (secondary N) is 1. The Balaban J connectivity index is 1.64. The second-order valence-electron chi connectivity index (χ2n) is 6.72. The van der Waals surface area contributed by atoms with Gasteiger partial charge >= 0.3 is 0 Å². The van der Waals surface area contributed by atoms with E-state index in [0.717, 1.165) is 10.2 Å². The molecule has 4 rings (SSSR count). The van der Waals surface area contributed by atoms with Gasteiger partial charge in [0, 0.05) is 17.3 Å². The summed E-state index contributed by atoms with van der Waals surface area (Å²) in [5, 5.41) is 6.97. The monoisotopic (exact) mass is 392 g/mol. The van der Waals surface area contributed by atoms with Crippen LogP contribution in [-0.2, 0) is 4.79 Å². The molecule has 0 aliphatic carbocycles. The van der Waals surface area contributed by atoms with Gasteiger partial charge in [-0.3, -0.25) is 9.59 Å². The standard InChI is InChI=1S/C21H17FN4O3/c1-12-7-15(22)10-16(8-12)24-21(28)13(2)26-20(27)6-4-17(25-26)14-3-5-19-18(9-14)23-11-29-19/h3-11,13H,1-2H3,(H,24,28). The molecule has 0 radical (unpaired) electrons. The van der Waals surface area contributed by atoms with Crippen molar-refractivity contribution in [3.63, 3.8) is 0 Å². The highest BCUT2D eigenvalue weighted by atomic mass is 19.1. The lowest BCUT2D eigenvalue weighted by molar-refractivity contribution is -0.119. The van der Waals surface area contributed by atoms with Gasteiger partial charge in [0.25, 0.3) is 5.56 Å². The van der Waals surface area contributed by atoms with Crippen molar-refractivity contribution in [3.05, 3.63) is 76.7 Å². The van der Waals surface area contributed by atoms with Crippen LogP contribution < -0.4 is 10.9 Å². The van der Waals surface area contributed by atoms with Gasteiger partial charge in [-0.15, -0.1) is 0 Å². The van der Waals surface area contributed by atoms with E-state index in [0.29, 0.717) is 28.0 Å². The summed E-state index contributed by atoms with van der Waals surface area (Å²) in [5.74, 6) is -0.929. The average molecular weight is 392 g/mol. The first kappa shape index (κ1) is 18.5. The zero-order valence-corrected chi connectivity index (χ0v) is 15.7. The van der Waals surface area contributed by atoms with Gasteiger partial charge in [0.1, 0.15) is 17.4 Å². The van der Waals surface area contributed by atoms with Gasteiger partial charge in [0.05, 0.1) is 5.69 Å². The fourth-order valence-corrected chi connectivity index (χ4v) is 3.04. The fraction of sp³-hybridized carbons (Fsp3) is 0.143. The van der Waals surface area contributed by atoms with Gasteiger partial charge in [0.2, 0.25) is 5.91 Å². The van der Waals surface area contributed by atoms with Crippen LogP contribution in [0.2, 0.25) is 0 Å². The number of amides is 1. The molecule has 146 valence electrons. The maximum atomic E-state index is 13.6. The maximum Gasteiger partial charge on any atom is 0.267 e. The van der Waals surface area contributed by atoms with Crippen LogP contribution in [-0.4, -0.2) is 20.7 Å². The molecule has 1 atom stereocenters. The highest BCUT2D eigenvalue weighted by molar-refractivity contribution is 5.93. The van der Waals surface area contributed by atoms with E-state index < -0.39 is 23.3 Å². The molecule has 2 aromatic carbocycles. The van der Waals surface area contributed by atoms with Crippen molar-refractivity contribution in [1.29, 1.82) is 0 Å². The first-order chi connectivity index (χ1) is 13.9. The van der Waals surface area contributed by atoms with E-state index in [2.05, 4.69) is 15.4 Å². The number of benzene rings is 2. The smallest absolute Gasteiger partial charge is 0.267 e. The SMILES string of the molecule is Cc1cc(F)cc(NC(=O)C(C)n2nc(-c3ccc4ocnc4c3)ccc2=O)c1. The largest absolute Gasteiger partial charge is 0.443 e. The van der Waals surface area contributed by atoms with E-state index in [1.807, 2.05) is 0 Å². The molecule has 0 fully saturated rings. The second kappa shape index (κ2) is 7.31. The summed E-state index contributed by atoms with van der Waals surface area (Å²) in [6, 6.07) is 11.6. The van der Waals surface area contributed by atoms with Crippen LogP contribution in [0, 0.1) is 12.7 Å². The lowest BCUT2D eigenvalue weighted by Gasteiger charge is -2.15. The average Bonchev–Trinajstić information content (AvgIpc) is 3.14. The number of halogens is 1. The lowest BCUT2D eigenvalue weighted by atomic mass is 10.1. The number of nitrogens with zero attached hydrogens (tertiary/aromatic N) is 3. The number of rotatable bonds is 4. The summed E-state index contributed by atoms with van der Waals surface area (Å²) in [6.45, 7) is 3.28. The Bertz CT molecular complexity index is 1260. The normalized spacial score (nSPS) is 12.1. The fourth-order valence-electron chi connectivity index (χ4n) is 3.04. The Labute approximate surface area is 164 Å². The zero-order chi connectivity index (χ0) is 20.5. The highest BCUT2D eigenvalue weighted by Gasteiger charge is 2.19. The van der Waals surface area contributed by atoms with Crippen molar-refractivity contribution in [2.45, 2.75) is 19.9 Å². The number of carbonyl (C=O) groups excluding carboxylic acids is 1. The van der Waals surface area contributed by atoms with Gasteiger partial charge in [-0.05, 0) is 61.9 Å². The number of hydrogen-bond acceptors (Lipinski definition) is 5. The third kappa shape index (κ3) is 3.77. The molecular formula is C21H17FN4O3. The van der Waals surface area contributed by atoms with Crippen LogP contribution in [0.5, 0.6) is 0 Å². The molecule has 2 heterocycles. The zero-order valence-electron chi connectivity index (χ0n) is 15.7. The molecule has 2 aromatic heterocycles. The molecule has 0 aliphatic rings. The Morgan fingerprint density at radius 2 is 2.00 bits per heavy atom. The van der Waals surface area contributed by atoms with Gasteiger partial charge in [-0.2, -0.15) is 5.10 Å². The molecule has 0 saturated heterocycles. The topological polar surface area (TPSA) is 90.0 Å². The number of hydrogen-bond donors (Lipinski definition) is 1. The van der Waals surface area contributed by atoms with Crippen molar-refractivity contribution in [2.75, 3.05) is 5.32 Å². The highest BCUT2D eigenvalue weighted by Crippen LogP contribution is 2.22. The van der Waals surface area contributed by atoms with Gasteiger partial charge in [0.15, 0.2) is 12.0 Å². The van der Waals surface area contributed by atoms with Crippen LogP contribution >= 0.6 is 0 Å². The van der Waals surface area contributed by atoms with Crippen molar-refractivity contribution in [1.82, 2.24) is 14.8 Å². The minimum absolute atomic E-state index is 0.319. The molecule has 1 N–H and O–H groups in total. The van der Waals surface area contributed by atoms with Crippen molar-refractivity contribution < 1.29 is 13.6 Å². The molecule has 8 heteroatoms. The molecule has 29 heavy (non-hydrogen) atoms. The third-order valence-corrected chi connectivity index (χ3v) is 4.51. The van der Waals surface area contributed by atoms with Crippen LogP contribution in [0.15, 0.2) is 64.1 Å². The number of anilines is 1. The summed E-state index contributed by atoms with van der Waals surface area (Å²) in [5.41, 5.74) is 3.11. The number of oxazole rings is 1. The Kier molecular flexibility index (Phi) is 4.67. The lowest BCUT2D eigenvalue weighted by Crippen LogP contribution is -2.33. The van der Waals surface area contributed by atoms with Crippen LogP contribution in [0.1, 0.15) is 18.5 Å². The van der Waals surface area contributed by atoms with Gasteiger partial charge in [-0.25, -0.2) is 14.1 Å². The van der Waals surface area contributed by atoms with E-state index in [-0.39, 0.29) is 0 Å². The maximum absolute atomic E-state index is 13.6. The molecule has 0 bridgehead atoms. The number of carbonyl (C=O) groups is 1. The summed E-state index contributed by atoms with van der Waals surface area (Å²) < 4.78 is 19.9. The molecule has 0 saturated carbocycles. The number of fused-ring (bicyclic) bond motifs is 1. The molecule has 7 nitrogen and oxygen atoms in total. The van der Waals surface area contributed by atoms with Gasteiger partial charge in [-0.1, -0.05) is 0 Å². The third-order valence-electron chi connectivity index (χ3n) is 4.51. The second-order valence-corrected chi connectivity index (χ2v) is 6.72. The molecule has 0 spiro atoms. The predicted octanol–water partition coefficient (Wildman–Crippen LogP) is 3.70. The van der Waals surface area contributed by atoms with Crippen LogP contribution in [0.3, 0.4) is 0 Å². The Hall–Kier alpha value is -3.81. The van der Waals surface area contributed by atoms with Gasteiger partial charge < -0.3 is 9.73 Å². The number of aryl methyl sites for hydroxylation is 1. The van der Waals surface area contributed by atoms with E-state index in [1.165, 1.54) is 24.6 Å². The molecule has 0 aliphatic heterocycles. The quantitative estimate of drug-likeness (QED) is 0.572. The summed E-state index contributed by atoms with van der Waals surface area (Å²) >= 11 is 0. The summed E-state index contributed by atoms with van der Waals surface area (Å²) in [6.07, 6.45) is 1.35. The minimum Gasteiger partial charge on any atom is -0.443 e.